The largest absolute Gasteiger partial charge is 0.422 e. The number of oxazole rings is 1. The Morgan fingerprint density at radius 2 is 2.27 bits per heavy atom. The Hall–Kier alpha value is -1.03. The Morgan fingerprint density at radius 1 is 1.47 bits per heavy atom. The number of rotatable bonds is 3. The molecule has 4 heteroatoms. The number of aryl methyl sites for hydroxylation is 1. The summed E-state index contributed by atoms with van der Waals surface area (Å²) in [5.41, 5.74) is 2.99. The Morgan fingerprint density at radius 3 is 2.93 bits per heavy atom. The lowest BCUT2D eigenvalue weighted by Gasteiger charge is -1.99. The molecule has 1 N–H and O–H groups in total. The molecule has 0 saturated carbocycles. The van der Waals surface area contributed by atoms with Crippen LogP contribution in [-0.2, 0) is 6.42 Å². The molecule has 0 fully saturated rings. The van der Waals surface area contributed by atoms with Crippen molar-refractivity contribution in [2.45, 2.75) is 19.8 Å². The van der Waals surface area contributed by atoms with Crippen LogP contribution in [0.2, 0.25) is 0 Å². The van der Waals surface area contributed by atoms with Crippen molar-refractivity contribution in [1.29, 1.82) is 0 Å². The number of anilines is 1. The Balaban J connectivity index is 2.54. The summed E-state index contributed by atoms with van der Waals surface area (Å²) in [5.74, 6) is 0. The number of halogens is 1. The highest BCUT2D eigenvalue weighted by Crippen LogP contribution is 2.28. The zero-order valence-electron chi connectivity index (χ0n) is 8.80. The van der Waals surface area contributed by atoms with Crippen LogP contribution in [0.5, 0.6) is 0 Å². The average Bonchev–Trinajstić information content (AvgIpc) is 2.62. The molecule has 0 bridgehead atoms. The molecule has 0 unspecified atom stereocenters. The van der Waals surface area contributed by atoms with Crippen LogP contribution in [0.25, 0.3) is 11.1 Å². The molecule has 0 aliphatic heterocycles. The van der Waals surface area contributed by atoms with Crippen molar-refractivity contribution >= 4 is 33.0 Å². The van der Waals surface area contributed by atoms with Gasteiger partial charge in [-0.3, -0.25) is 0 Å². The molecule has 0 aliphatic rings. The molecular formula is C11H13BrN2O. The Bertz CT molecular complexity index is 479. The summed E-state index contributed by atoms with van der Waals surface area (Å²) in [5, 5.41) is 2.90. The minimum Gasteiger partial charge on any atom is -0.422 e. The van der Waals surface area contributed by atoms with E-state index in [4.69, 9.17) is 4.42 Å². The van der Waals surface area contributed by atoms with Gasteiger partial charge in [-0.05, 0) is 40.0 Å². The molecule has 3 nitrogen and oxygen atoms in total. The van der Waals surface area contributed by atoms with Crippen molar-refractivity contribution < 1.29 is 4.42 Å². The van der Waals surface area contributed by atoms with Gasteiger partial charge in [0, 0.05) is 7.05 Å². The van der Waals surface area contributed by atoms with E-state index in [1.165, 1.54) is 5.56 Å². The number of nitrogens with one attached hydrogen (secondary N) is 1. The van der Waals surface area contributed by atoms with Crippen molar-refractivity contribution in [1.82, 2.24) is 4.98 Å². The molecule has 0 amide bonds. The zero-order chi connectivity index (χ0) is 10.8. The fraction of sp³-hybridized carbons (Fsp3) is 0.364. The smallest absolute Gasteiger partial charge is 0.295 e. The molecule has 15 heavy (non-hydrogen) atoms. The second-order valence-electron chi connectivity index (χ2n) is 3.44. The highest BCUT2D eigenvalue weighted by atomic mass is 79.9. The molecule has 1 aromatic heterocycles. The summed E-state index contributed by atoms with van der Waals surface area (Å²) in [6, 6.07) is 4.73. The van der Waals surface area contributed by atoms with Gasteiger partial charge in [-0.1, -0.05) is 13.3 Å². The lowest BCUT2D eigenvalue weighted by Crippen LogP contribution is -1.86. The van der Waals surface area contributed by atoms with Gasteiger partial charge < -0.3 is 9.73 Å². The Kier molecular flexibility index (Phi) is 2.95. The summed E-state index contributed by atoms with van der Waals surface area (Å²) in [4.78, 5) is 4.33. The van der Waals surface area contributed by atoms with E-state index < -0.39 is 0 Å². The van der Waals surface area contributed by atoms with Gasteiger partial charge in [-0.2, -0.15) is 4.98 Å². The second kappa shape index (κ2) is 4.23. The highest BCUT2D eigenvalue weighted by Gasteiger charge is 2.09. The maximum absolute atomic E-state index is 5.51. The maximum atomic E-state index is 5.51. The molecule has 2 rings (SSSR count). The molecule has 0 aliphatic carbocycles. The van der Waals surface area contributed by atoms with Gasteiger partial charge in [-0.25, -0.2) is 0 Å². The van der Waals surface area contributed by atoms with Gasteiger partial charge in [0.15, 0.2) is 5.58 Å². The number of hydrogen-bond donors (Lipinski definition) is 1. The quantitative estimate of drug-likeness (QED) is 0.925. The summed E-state index contributed by atoms with van der Waals surface area (Å²) < 4.78 is 6.48. The van der Waals surface area contributed by atoms with Crippen molar-refractivity contribution in [3.8, 4) is 0 Å². The van der Waals surface area contributed by atoms with Crippen molar-refractivity contribution in [3.05, 3.63) is 22.2 Å². The number of benzene rings is 1. The molecule has 2 aromatic rings. The maximum Gasteiger partial charge on any atom is 0.295 e. The standard InChI is InChI=1S/C11H13BrN2O/c1-3-4-7-5-8(12)10-9(6-7)14-11(13-2)15-10/h5-6H,3-4H2,1-2H3,(H,13,14). The molecule has 80 valence electrons. The monoisotopic (exact) mass is 268 g/mol. The number of nitrogens with zero attached hydrogens (tertiary/aromatic N) is 1. The predicted molar refractivity (Wildman–Crippen MR) is 65.3 cm³/mol. The first-order chi connectivity index (χ1) is 7.24. The van der Waals surface area contributed by atoms with E-state index in [0.717, 1.165) is 28.4 Å². The van der Waals surface area contributed by atoms with E-state index in [9.17, 15) is 0 Å². The van der Waals surface area contributed by atoms with Gasteiger partial charge in [0.05, 0.1) is 4.47 Å². The van der Waals surface area contributed by atoms with Gasteiger partial charge >= 0.3 is 0 Å². The first kappa shape index (κ1) is 10.5. The van der Waals surface area contributed by atoms with Gasteiger partial charge in [0.2, 0.25) is 0 Å². The van der Waals surface area contributed by atoms with E-state index >= 15 is 0 Å². The van der Waals surface area contributed by atoms with Crippen LogP contribution in [-0.4, -0.2) is 12.0 Å². The van der Waals surface area contributed by atoms with E-state index in [-0.39, 0.29) is 0 Å². The van der Waals surface area contributed by atoms with Crippen LogP contribution in [0, 0.1) is 0 Å². The molecular weight excluding hydrogens is 256 g/mol. The summed E-state index contributed by atoms with van der Waals surface area (Å²) in [6.07, 6.45) is 2.20. The van der Waals surface area contributed by atoms with Gasteiger partial charge in [0.1, 0.15) is 5.52 Å². The van der Waals surface area contributed by atoms with Crippen molar-refractivity contribution in [3.63, 3.8) is 0 Å². The number of fused-ring (bicyclic) bond motifs is 1. The first-order valence-electron chi connectivity index (χ1n) is 5.01. The molecule has 0 saturated heterocycles. The van der Waals surface area contributed by atoms with Crippen LogP contribution < -0.4 is 5.32 Å². The second-order valence-corrected chi connectivity index (χ2v) is 4.30. The first-order valence-corrected chi connectivity index (χ1v) is 5.80. The minimum absolute atomic E-state index is 0.555. The van der Waals surface area contributed by atoms with Crippen LogP contribution in [0.1, 0.15) is 18.9 Å². The molecule has 0 radical (unpaired) electrons. The lowest BCUT2D eigenvalue weighted by molar-refractivity contribution is 0.618. The van der Waals surface area contributed by atoms with Crippen LogP contribution in [0.3, 0.4) is 0 Å². The van der Waals surface area contributed by atoms with E-state index in [1.807, 2.05) is 0 Å². The average molecular weight is 269 g/mol. The van der Waals surface area contributed by atoms with Gasteiger partial charge in [0.25, 0.3) is 6.01 Å². The van der Waals surface area contributed by atoms with Crippen LogP contribution in [0.4, 0.5) is 6.01 Å². The van der Waals surface area contributed by atoms with E-state index in [1.54, 1.807) is 7.05 Å². The van der Waals surface area contributed by atoms with Crippen molar-refractivity contribution in [2.24, 2.45) is 0 Å². The minimum atomic E-state index is 0.555. The predicted octanol–water partition coefficient (Wildman–Crippen LogP) is 3.58. The van der Waals surface area contributed by atoms with Crippen LogP contribution in [0.15, 0.2) is 21.0 Å². The Labute approximate surface area is 97.0 Å². The number of aromatic nitrogens is 1. The summed E-state index contributed by atoms with van der Waals surface area (Å²) in [7, 11) is 1.80. The molecule has 0 spiro atoms. The molecule has 0 atom stereocenters. The highest BCUT2D eigenvalue weighted by molar-refractivity contribution is 9.10. The van der Waals surface area contributed by atoms with Crippen LogP contribution >= 0.6 is 15.9 Å². The normalized spacial score (nSPS) is 10.9. The fourth-order valence-electron chi connectivity index (χ4n) is 1.59. The third-order valence-electron chi connectivity index (χ3n) is 2.26. The van der Waals surface area contributed by atoms with E-state index in [0.29, 0.717) is 6.01 Å². The molecule has 1 aromatic carbocycles. The fourth-order valence-corrected chi connectivity index (χ4v) is 2.16. The third-order valence-corrected chi connectivity index (χ3v) is 2.85. The zero-order valence-corrected chi connectivity index (χ0v) is 10.4. The SMILES string of the molecule is CCCc1cc(Br)c2oc(NC)nc2c1. The molecule has 1 heterocycles. The lowest BCUT2D eigenvalue weighted by atomic mass is 10.1. The summed E-state index contributed by atoms with van der Waals surface area (Å²) >= 11 is 3.50. The topological polar surface area (TPSA) is 38.1 Å². The van der Waals surface area contributed by atoms with Gasteiger partial charge in [-0.15, -0.1) is 0 Å². The van der Waals surface area contributed by atoms with Crippen molar-refractivity contribution in [2.75, 3.05) is 12.4 Å². The number of hydrogen-bond acceptors (Lipinski definition) is 3. The van der Waals surface area contributed by atoms with E-state index in [2.05, 4.69) is 45.3 Å². The third kappa shape index (κ3) is 2.00. The summed E-state index contributed by atoms with van der Waals surface area (Å²) in [6.45, 7) is 2.17.